The standard InChI is InChI=1S/C21H24FN5O/c1-23-21(24-11-13-28-20-9-4-8-19(22)14-20)25-15-17-6-2-3-7-18(17)16-27-12-5-10-26-27/h2-10,12,14H,11,13,15-16H2,1H3,(H2,23,24,25). The van der Waals surface area contributed by atoms with Crippen molar-refractivity contribution >= 4 is 5.96 Å². The third-order valence-electron chi connectivity index (χ3n) is 4.14. The fourth-order valence-electron chi connectivity index (χ4n) is 2.75. The van der Waals surface area contributed by atoms with Crippen molar-refractivity contribution in [3.8, 4) is 5.75 Å². The van der Waals surface area contributed by atoms with Crippen molar-refractivity contribution in [1.82, 2.24) is 20.4 Å². The molecule has 28 heavy (non-hydrogen) atoms. The molecule has 1 heterocycles. The molecule has 0 aliphatic carbocycles. The van der Waals surface area contributed by atoms with Crippen molar-refractivity contribution in [2.24, 2.45) is 4.99 Å². The summed E-state index contributed by atoms with van der Waals surface area (Å²) in [5, 5.41) is 10.8. The van der Waals surface area contributed by atoms with Crippen molar-refractivity contribution in [3.63, 3.8) is 0 Å². The maximum atomic E-state index is 13.1. The summed E-state index contributed by atoms with van der Waals surface area (Å²) < 4.78 is 20.6. The quantitative estimate of drug-likeness (QED) is 0.358. The highest BCUT2D eigenvalue weighted by Crippen LogP contribution is 2.11. The Hall–Kier alpha value is -3.35. The van der Waals surface area contributed by atoms with Crippen LogP contribution in [0, 0.1) is 5.82 Å². The lowest BCUT2D eigenvalue weighted by atomic mass is 10.1. The van der Waals surface area contributed by atoms with Crippen LogP contribution in [0.5, 0.6) is 5.75 Å². The molecule has 0 aliphatic rings. The maximum Gasteiger partial charge on any atom is 0.191 e. The maximum absolute atomic E-state index is 13.1. The Morgan fingerprint density at radius 3 is 2.71 bits per heavy atom. The lowest BCUT2D eigenvalue weighted by Gasteiger charge is -2.15. The predicted molar refractivity (Wildman–Crippen MR) is 108 cm³/mol. The van der Waals surface area contributed by atoms with E-state index in [1.807, 2.05) is 29.1 Å². The summed E-state index contributed by atoms with van der Waals surface area (Å²) in [4.78, 5) is 4.23. The Bertz CT molecular complexity index is 895. The van der Waals surface area contributed by atoms with Crippen LogP contribution < -0.4 is 15.4 Å². The summed E-state index contributed by atoms with van der Waals surface area (Å²) in [6.07, 6.45) is 3.72. The van der Waals surface area contributed by atoms with Gasteiger partial charge in [-0.05, 0) is 29.3 Å². The van der Waals surface area contributed by atoms with E-state index in [9.17, 15) is 4.39 Å². The molecule has 146 valence electrons. The fourth-order valence-corrected chi connectivity index (χ4v) is 2.75. The van der Waals surface area contributed by atoms with Crippen molar-refractivity contribution in [2.45, 2.75) is 13.1 Å². The van der Waals surface area contributed by atoms with Gasteiger partial charge in [-0.15, -0.1) is 0 Å². The number of halogens is 1. The van der Waals surface area contributed by atoms with E-state index in [0.717, 1.165) is 6.54 Å². The molecule has 6 nitrogen and oxygen atoms in total. The van der Waals surface area contributed by atoms with Gasteiger partial charge in [-0.1, -0.05) is 30.3 Å². The molecule has 0 spiro atoms. The number of hydrogen-bond donors (Lipinski definition) is 2. The second-order valence-electron chi connectivity index (χ2n) is 6.13. The molecule has 2 aromatic carbocycles. The van der Waals surface area contributed by atoms with E-state index in [2.05, 4.69) is 32.9 Å². The largest absolute Gasteiger partial charge is 0.492 e. The molecule has 3 rings (SSSR count). The van der Waals surface area contributed by atoms with Gasteiger partial charge in [-0.3, -0.25) is 9.67 Å². The van der Waals surface area contributed by atoms with Crippen LogP contribution in [0.15, 0.2) is 72.0 Å². The summed E-state index contributed by atoms with van der Waals surface area (Å²) in [7, 11) is 1.72. The molecule has 0 aliphatic heterocycles. The third-order valence-corrected chi connectivity index (χ3v) is 4.14. The van der Waals surface area contributed by atoms with Crippen LogP contribution in [-0.4, -0.2) is 35.9 Å². The normalized spacial score (nSPS) is 11.3. The van der Waals surface area contributed by atoms with Crippen LogP contribution in [0.25, 0.3) is 0 Å². The Morgan fingerprint density at radius 2 is 1.96 bits per heavy atom. The summed E-state index contributed by atoms with van der Waals surface area (Å²) >= 11 is 0. The number of rotatable bonds is 8. The summed E-state index contributed by atoms with van der Waals surface area (Å²) in [6.45, 7) is 2.31. The summed E-state index contributed by atoms with van der Waals surface area (Å²) in [5.41, 5.74) is 2.38. The minimum Gasteiger partial charge on any atom is -0.492 e. The van der Waals surface area contributed by atoms with Crippen molar-refractivity contribution in [2.75, 3.05) is 20.2 Å². The second kappa shape index (κ2) is 10.1. The third kappa shape index (κ3) is 5.84. The topological polar surface area (TPSA) is 63.5 Å². The van der Waals surface area contributed by atoms with Gasteiger partial charge >= 0.3 is 0 Å². The van der Waals surface area contributed by atoms with E-state index in [-0.39, 0.29) is 5.82 Å². The van der Waals surface area contributed by atoms with E-state index in [1.54, 1.807) is 25.4 Å². The molecule has 0 saturated heterocycles. The van der Waals surface area contributed by atoms with Gasteiger partial charge < -0.3 is 15.4 Å². The van der Waals surface area contributed by atoms with E-state index in [0.29, 0.717) is 31.4 Å². The monoisotopic (exact) mass is 381 g/mol. The van der Waals surface area contributed by atoms with Crippen molar-refractivity contribution in [1.29, 1.82) is 0 Å². The number of guanidine groups is 1. The average Bonchev–Trinajstić information content (AvgIpc) is 3.22. The Balaban J connectivity index is 1.46. The first-order valence-electron chi connectivity index (χ1n) is 9.11. The fraction of sp³-hybridized carbons (Fsp3) is 0.238. The van der Waals surface area contributed by atoms with Crippen LogP contribution in [0.1, 0.15) is 11.1 Å². The molecule has 3 aromatic rings. The molecule has 0 radical (unpaired) electrons. The van der Waals surface area contributed by atoms with Gasteiger partial charge in [0.15, 0.2) is 5.96 Å². The van der Waals surface area contributed by atoms with Gasteiger partial charge in [0.25, 0.3) is 0 Å². The molecule has 0 bridgehead atoms. The number of nitrogens with one attached hydrogen (secondary N) is 2. The van der Waals surface area contributed by atoms with E-state index in [1.165, 1.54) is 23.3 Å². The van der Waals surface area contributed by atoms with Gasteiger partial charge in [0, 0.05) is 32.1 Å². The molecule has 0 amide bonds. The van der Waals surface area contributed by atoms with Crippen LogP contribution in [0.4, 0.5) is 4.39 Å². The average molecular weight is 381 g/mol. The molecule has 7 heteroatoms. The number of aliphatic imine (C=N–C) groups is 1. The summed E-state index contributed by atoms with van der Waals surface area (Å²) in [6, 6.07) is 16.3. The first kappa shape index (κ1) is 19.4. The number of hydrogen-bond acceptors (Lipinski definition) is 3. The minimum atomic E-state index is -0.309. The zero-order chi connectivity index (χ0) is 19.6. The first-order chi connectivity index (χ1) is 13.7. The molecular formula is C21H24FN5O. The van der Waals surface area contributed by atoms with Crippen LogP contribution in [-0.2, 0) is 13.1 Å². The van der Waals surface area contributed by atoms with Gasteiger partial charge in [-0.25, -0.2) is 4.39 Å². The van der Waals surface area contributed by atoms with E-state index < -0.39 is 0 Å². The SMILES string of the molecule is CN=C(NCCOc1cccc(F)c1)NCc1ccccc1Cn1cccn1. The van der Waals surface area contributed by atoms with Gasteiger partial charge in [0.05, 0.1) is 13.1 Å². The number of nitrogens with zero attached hydrogens (tertiary/aromatic N) is 3. The van der Waals surface area contributed by atoms with Crippen LogP contribution in [0.3, 0.4) is 0 Å². The smallest absolute Gasteiger partial charge is 0.191 e. The number of benzene rings is 2. The minimum absolute atomic E-state index is 0.309. The second-order valence-corrected chi connectivity index (χ2v) is 6.13. The highest BCUT2D eigenvalue weighted by Gasteiger charge is 2.05. The molecule has 2 N–H and O–H groups in total. The molecule has 0 saturated carbocycles. The zero-order valence-corrected chi connectivity index (χ0v) is 15.8. The van der Waals surface area contributed by atoms with E-state index >= 15 is 0 Å². The first-order valence-corrected chi connectivity index (χ1v) is 9.11. The predicted octanol–water partition coefficient (Wildman–Crippen LogP) is 2.81. The Kier molecular flexibility index (Phi) is 7.01. The van der Waals surface area contributed by atoms with Gasteiger partial charge in [-0.2, -0.15) is 5.10 Å². The lowest BCUT2D eigenvalue weighted by Crippen LogP contribution is -2.39. The van der Waals surface area contributed by atoms with Crippen LogP contribution in [0.2, 0.25) is 0 Å². The highest BCUT2D eigenvalue weighted by molar-refractivity contribution is 5.79. The van der Waals surface area contributed by atoms with Crippen molar-refractivity contribution in [3.05, 3.63) is 83.9 Å². The molecule has 0 fully saturated rings. The van der Waals surface area contributed by atoms with Crippen molar-refractivity contribution < 1.29 is 9.13 Å². The Morgan fingerprint density at radius 1 is 1.11 bits per heavy atom. The molecule has 0 unspecified atom stereocenters. The van der Waals surface area contributed by atoms with Gasteiger partial charge in [0.1, 0.15) is 18.2 Å². The molecule has 1 aromatic heterocycles. The highest BCUT2D eigenvalue weighted by atomic mass is 19.1. The van der Waals surface area contributed by atoms with Gasteiger partial charge in [0.2, 0.25) is 0 Å². The number of ether oxygens (including phenoxy) is 1. The molecule has 0 atom stereocenters. The summed E-state index contributed by atoms with van der Waals surface area (Å²) in [5.74, 6) is 0.880. The Labute approximate surface area is 164 Å². The lowest BCUT2D eigenvalue weighted by molar-refractivity contribution is 0.320. The van der Waals surface area contributed by atoms with Crippen LogP contribution >= 0.6 is 0 Å². The number of aromatic nitrogens is 2. The van der Waals surface area contributed by atoms with E-state index in [4.69, 9.17) is 4.74 Å². The molecular weight excluding hydrogens is 357 g/mol. The zero-order valence-electron chi connectivity index (χ0n) is 15.8.